The number of aliphatic hydroxyl groups excluding tert-OH is 5. The van der Waals surface area contributed by atoms with E-state index in [0.29, 0.717) is 35.0 Å². The summed E-state index contributed by atoms with van der Waals surface area (Å²) in [5.41, 5.74) is 1.41. The van der Waals surface area contributed by atoms with Gasteiger partial charge in [-0.25, -0.2) is 4.79 Å². The molecule has 2 aromatic rings. The Morgan fingerprint density at radius 2 is 1.42 bits per heavy atom. The maximum Gasteiger partial charge on any atom is 0.331 e. The topological polar surface area (TPSA) is 201 Å². The number of hydrogen-bond acceptors (Lipinski definition) is 15. The van der Waals surface area contributed by atoms with Gasteiger partial charge in [0.2, 0.25) is 0 Å². The van der Waals surface area contributed by atoms with Gasteiger partial charge in [-0.2, -0.15) is 0 Å². The Balaban J connectivity index is 1.52. The van der Waals surface area contributed by atoms with Gasteiger partial charge in [0.15, 0.2) is 41.7 Å². The maximum absolute atomic E-state index is 13.0. The third kappa shape index (κ3) is 8.74. The van der Waals surface area contributed by atoms with Crippen molar-refractivity contribution in [2.75, 3.05) is 41.7 Å². The normalized spacial score (nSPS) is 30.5. The molecule has 2 aromatic carbocycles. The molecule has 0 spiro atoms. The second-order valence-electron chi connectivity index (χ2n) is 11.2. The third-order valence-electron chi connectivity index (χ3n) is 8.09. The number of carbonyl (C=O) groups is 1. The Bertz CT molecular complexity index is 1370. The SMILES string of the molecule is COc1ccc(/C=C/C(=O)OC2C(CO)OC(OCCc3ccc(OC)c(OC)c3)C(O)C2OC2OC(C)C(O)C(O)C2O)cc1OC. The zero-order valence-corrected chi connectivity index (χ0v) is 27.3. The highest BCUT2D eigenvalue weighted by molar-refractivity contribution is 5.87. The molecule has 4 rings (SSSR count). The molecule has 2 aliphatic rings. The van der Waals surface area contributed by atoms with Gasteiger partial charge in [0.25, 0.3) is 0 Å². The number of hydrogen-bond donors (Lipinski definition) is 5. The van der Waals surface area contributed by atoms with Gasteiger partial charge in [-0.1, -0.05) is 12.1 Å². The van der Waals surface area contributed by atoms with Crippen LogP contribution in [0.25, 0.3) is 6.08 Å². The summed E-state index contributed by atoms with van der Waals surface area (Å²) in [4.78, 5) is 13.0. The van der Waals surface area contributed by atoms with Crippen LogP contribution in [0.5, 0.6) is 23.0 Å². The fourth-order valence-electron chi connectivity index (χ4n) is 5.38. The molecule has 0 saturated carbocycles. The molecule has 48 heavy (non-hydrogen) atoms. The molecule has 10 atom stereocenters. The van der Waals surface area contributed by atoms with Crippen LogP contribution in [0, 0.1) is 0 Å². The largest absolute Gasteiger partial charge is 0.493 e. The van der Waals surface area contributed by atoms with Crippen molar-refractivity contribution in [3.8, 4) is 23.0 Å². The molecule has 5 N–H and O–H groups in total. The molecule has 0 aromatic heterocycles. The minimum absolute atomic E-state index is 0.0467. The van der Waals surface area contributed by atoms with Gasteiger partial charge >= 0.3 is 5.97 Å². The van der Waals surface area contributed by atoms with Crippen LogP contribution in [0.4, 0.5) is 0 Å². The standard InChI is InChI=1S/C33H44O15/c1-17-26(36)27(37)28(38)33(45-17)48-31-29(39)32(44-13-12-19-7-10-21(41-3)23(15-19)43-5)46-24(16-34)30(31)47-25(35)11-8-18-6-9-20(40-2)22(14-18)42-4/h6-11,14-15,17,24,26-34,36-39H,12-13,16H2,1-5H3/b11-8+. The summed E-state index contributed by atoms with van der Waals surface area (Å²) >= 11 is 0. The van der Waals surface area contributed by atoms with E-state index in [0.717, 1.165) is 11.6 Å². The number of rotatable bonds is 14. The Hall–Kier alpha value is -3.51. The van der Waals surface area contributed by atoms with E-state index < -0.39 is 74.0 Å². The maximum atomic E-state index is 13.0. The van der Waals surface area contributed by atoms with Gasteiger partial charge in [-0.3, -0.25) is 0 Å². The van der Waals surface area contributed by atoms with E-state index in [1.165, 1.54) is 41.4 Å². The van der Waals surface area contributed by atoms with Crippen LogP contribution in [0.3, 0.4) is 0 Å². The summed E-state index contributed by atoms with van der Waals surface area (Å²) in [5.74, 6) is 1.14. The van der Waals surface area contributed by atoms with E-state index >= 15 is 0 Å². The summed E-state index contributed by atoms with van der Waals surface area (Å²) in [6.07, 6.45) is -11.5. The summed E-state index contributed by atoms with van der Waals surface area (Å²) < 4.78 is 50.0. The minimum atomic E-state index is -1.73. The van der Waals surface area contributed by atoms with Crippen molar-refractivity contribution < 1.29 is 73.0 Å². The Morgan fingerprint density at radius 3 is 2.06 bits per heavy atom. The van der Waals surface area contributed by atoms with Crippen molar-refractivity contribution in [1.82, 2.24) is 0 Å². The summed E-state index contributed by atoms with van der Waals surface area (Å²) in [6.45, 7) is 0.833. The number of carbonyl (C=O) groups excluding carboxylic acids is 1. The van der Waals surface area contributed by atoms with Gasteiger partial charge in [0.1, 0.15) is 36.6 Å². The molecule has 0 aliphatic carbocycles. The Labute approximate surface area is 278 Å². The first-order chi connectivity index (χ1) is 23.0. The van der Waals surface area contributed by atoms with E-state index in [4.69, 9.17) is 42.6 Å². The molecule has 266 valence electrons. The minimum Gasteiger partial charge on any atom is -0.493 e. The van der Waals surface area contributed by atoms with Crippen molar-refractivity contribution in [2.24, 2.45) is 0 Å². The summed E-state index contributed by atoms with van der Waals surface area (Å²) in [5, 5.41) is 52.8. The van der Waals surface area contributed by atoms with Crippen LogP contribution in [-0.2, 0) is 34.9 Å². The first kappa shape index (κ1) is 37.3. The molecule has 2 heterocycles. The molecule has 2 fully saturated rings. The van der Waals surface area contributed by atoms with Gasteiger partial charge in [0.05, 0.1) is 47.8 Å². The van der Waals surface area contributed by atoms with Gasteiger partial charge in [-0.15, -0.1) is 0 Å². The lowest BCUT2D eigenvalue weighted by Crippen LogP contribution is -2.65. The van der Waals surface area contributed by atoms with Crippen molar-refractivity contribution in [3.05, 3.63) is 53.6 Å². The molecule has 10 unspecified atom stereocenters. The fraction of sp³-hybridized carbons (Fsp3) is 0.545. The first-order valence-corrected chi connectivity index (χ1v) is 15.3. The Kier molecular flexibility index (Phi) is 13.4. The molecule has 0 bridgehead atoms. The van der Waals surface area contributed by atoms with E-state index in [1.54, 1.807) is 30.3 Å². The highest BCUT2D eigenvalue weighted by Crippen LogP contribution is 2.33. The summed E-state index contributed by atoms with van der Waals surface area (Å²) in [7, 11) is 6.01. The van der Waals surface area contributed by atoms with Crippen molar-refractivity contribution in [2.45, 2.75) is 74.8 Å². The highest BCUT2D eigenvalue weighted by Gasteiger charge is 2.52. The van der Waals surface area contributed by atoms with Crippen LogP contribution in [-0.4, -0.2) is 135 Å². The number of aliphatic hydroxyl groups is 5. The number of ether oxygens (including phenoxy) is 9. The van der Waals surface area contributed by atoms with Crippen LogP contribution in [0.2, 0.25) is 0 Å². The van der Waals surface area contributed by atoms with Crippen LogP contribution >= 0.6 is 0 Å². The second-order valence-corrected chi connectivity index (χ2v) is 11.2. The third-order valence-corrected chi connectivity index (χ3v) is 8.09. The monoisotopic (exact) mass is 680 g/mol. The average molecular weight is 681 g/mol. The number of benzene rings is 2. The second kappa shape index (κ2) is 17.2. The van der Waals surface area contributed by atoms with Crippen LogP contribution in [0.15, 0.2) is 42.5 Å². The lowest BCUT2D eigenvalue weighted by atomic mass is 9.97. The van der Waals surface area contributed by atoms with Gasteiger partial charge < -0.3 is 68.2 Å². The molecule has 0 amide bonds. The van der Waals surface area contributed by atoms with Crippen LogP contribution in [0.1, 0.15) is 18.1 Å². The van der Waals surface area contributed by atoms with E-state index in [2.05, 4.69) is 0 Å². The van der Waals surface area contributed by atoms with E-state index in [1.807, 2.05) is 6.07 Å². The quantitative estimate of drug-likeness (QED) is 0.134. The van der Waals surface area contributed by atoms with E-state index in [-0.39, 0.29) is 6.61 Å². The Morgan fingerprint density at radius 1 is 0.771 bits per heavy atom. The van der Waals surface area contributed by atoms with Gasteiger partial charge in [0, 0.05) is 6.08 Å². The predicted molar refractivity (Wildman–Crippen MR) is 167 cm³/mol. The van der Waals surface area contributed by atoms with Crippen molar-refractivity contribution >= 4 is 12.0 Å². The molecule has 2 saturated heterocycles. The highest BCUT2D eigenvalue weighted by atomic mass is 16.7. The molecular weight excluding hydrogens is 636 g/mol. The van der Waals surface area contributed by atoms with Crippen molar-refractivity contribution in [1.29, 1.82) is 0 Å². The molecule has 2 aliphatic heterocycles. The smallest absolute Gasteiger partial charge is 0.331 e. The molecule has 15 nitrogen and oxygen atoms in total. The fourth-order valence-corrected chi connectivity index (χ4v) is 5.38. The number of esters is 1. The lowest BCUT2D eigenvalue weighted by molar-refractivity contribution is -0.357. The lowest BCUT2D eigenvalue weighted by Gasteiger charge is -2.46. The average Bonchev–Trinajstić information content (AvgIpc) is 3.10. The zero-order chi connectivity index (χ0) is 35.0. The van der Waals surface area contributed by atoms with E-state index in [9.17, 15) is 30.3 Å². The number of methoxy groups -OCH3 is 4. The molecular formula is C33H44O15. The summed E-state index contributed by atoms with van der Waals surface area (Å²) in [6, 6.07) is 10.3. The molecule has 15 heteroatoms. The van der Waals surface area contributed by atoms with Gasteiger partial charge in [-0.05, 0) is 54.8 Å². The van der Waals surface area contributed by atoms with Crippen LogP contribution < -0.4 is 18.9 Å². The first-order valence-electron chi connectivity index (χ1n) is 15.3. The predicted octanol–water partition coefficient (Wildman–Crippen LogP) is 0.196. The zero-order valence-electron chi connectivity index (χ0n) is 27.3. The molecule has 0 radical (unpaired) electrons. The van der Waals surface area contributed by atoms with Crippen molar-refractivity contribution in [3.63, 3.8) is 0 Å².